The van der Waals surface area contributed by atoms with Crippen LogP contribution in [0.5, 0.6) is 11.5 Å². The van der Waals surface area contributed by atoms with Crippen molar-refractivity contribution in [1.82, 2.24) is 9.80 Å². The van der Waals surface area contributed by atoms with Gasteiger partial charge in [0, 0.05) is 37.8 Å². The average molecular weight is 452 g/mol. The smallest absolute Gasteiger partial charge is 0.289 e. The number of rotatable bonds is 3. The van der Waals surface area contributed by atoms with Crippen molar-refractivity contribution in [2.75, 3.05) is 50.8 Å². The lowest BCUT2D eigenvalue weighted by molar-refractivity contribution is -0.120. The van der Waals surface area contributed by atoms with Crippen molar-refractivity contribution in [2.24, 2.45) is 0 Å². The van der Waals surface area contributed by atoms with E-state index in [2.05, 4.69) is 17.9 Å². The van der Waals surface area contributed by atoms with E-state index in [-0.39, 0.29) is 18.4 Å². The SMILES string of the molecule is CC1=CC(C)(C)N(C(=O)CN2CCN(C(=O)c3ccco3)CC2)c2cc3c(cc21)OCCO3. The second kappa shape index (κ2) is 8.26. The van der Waals surface area contributed by atoms with Crippen LogP contribution in [0.15, 0.2) is 41.0 Å². The number of carbonyl (C=O) groups excluding carboxylic acids is 2. The quantitative estimate of drug-likeness (QED) is 0.714. The van der Waals surface area contributed by atoms with Crippen LogP contribution in [0.2, 0.25) is 0 Å². The van der Waals surface area contributed by atoms with Crippen molar-refractivity contribution in [3.05, 3.63) is 47.9 Å². The highest BCUT2D eigenvalue weighted by atomic mass is 16.6. The number of carbonyl (C=O) groups is 2. The van der Waals surface area contributed by atoms with Gasteiger partial charge in [-0.15, -0.1) is 0 Å². The number of anilines is 1. The van der Waals surface area contributed by atoms with Crippen LogP contribution in [-0.2, 0) is 4.79 Å². The van der Waals surface area contributed by atoms with Gasteiger partial charge in [0.15, 0.2) is 17.3 Å². The van der Waals surface area contributed by atoms with E-state index in [1.54, 1.807) is 17.0 Å². The second-order valence-electron chi connectivity index (χ2n) is 9.27. The van der Waals surface area contributed by atoms with Crippen molar-refractivity contribution in [3.63, 3.8) is 0 Å². The Morgan fingerprint density at radius 3 is 2.39 bits per heavy atom. The van der Waals surface area contributed by atoms with Crippen molar-refractivity contribution in [1.29, 1.82) is 0 Å². The summed E-state index contributed by atoms with van der Waals surface area (Å²) in [5.74, 6) is 1.66. The van der Waals surface area contributed by atoms with Crippen LogP contribution in [-0.4, -0.2) is 73.1 Å². The minimum atomic E-state index is -0.477. The summed E-state index contributed by atoms with van der Waals surface area (Å²) in [6.45, 7) is 9.86. The Balaban J connectivity index is 1.32. The van der Waals surface area contributed by atoms with Gasteiger partial charge in [0.2, 0.25) is 5.91 Å². The molecule has 174 valence electrons. The van der Waals surface area contributed by atoms with Gasteiger partial charge in [-0.3, -0.25) is 14.5 Å². The largest absolute Gasteiger partial charge is 0.486 e. The van der Waals surface area contributed by atoms with Crippen molar-refractivity contribution < 1.29 is 23.5 Å². The molecule has 0 spiro atoms. The molecule has 8 nitrogen and oxygen atoms in total. The number of hydrogen-bond acceptors (Lipinski definition) is 6. The number of amides is 2. The Morgan fingerprint density at radius 2 is 1.73 bits per heavy atom. The molecule has 2 amide bonds. The molecule has 3 aliphatic rings. The number of allylic oxidation sites excluding steroid dienone is 1. The first kappa shape index (κ1) is 21.6. The Bertz CT molecular complexity index is 1100. The van der Waals surface area contributed by atoms with Crippen molar-refractivity contribution in [3.8, 4) is 11.5 Å². The summed E-state index contributed by atoms with van der Waals surface area (Å²) >= 11 is 0. The molecule has 3 aliphatic heterocycles. The zero-order chi connectivity index (χ0) is 23.2. The minimum absolute atomic E-state index is 0.0208. The molecule has 33 heavy (non-hydrogen) atoms. The molecule has 0 radical (unpaired) electrons. The number of nitrogens with zero attached hydrogens (tertiary/aromatic N) is 3. The molecule has 4 heterocycles. The van der Waals surface area contributed by atoms with E-state index in [0.29, 0.717) is 50.9 Å². The van der Waals surface area contributed by atoms with Gasteiger partial charge in [-0.05, 0) is 44.5 Å². The fraction of sp³-hybridized carbons (Fsp3) is 0.440. The summed E-state index contributed by atoms with van der Waals surface area (Å²) < 4.78 is 16.8. The molecular weight excluding hydrogens is 422 g/mol. The molecule has 8 heteroatoms. The van der Waals surface area contributed by atoms with E-state index in [1.165, 1.54) is 6.26 Å². The fourth-order valence-electron chi connectivity index (χ4n) is 4.94. The van der Waals surface area contributed by atoms with Crippen LogP contribution >= 0.6 is 0 Å². The molecule has 5 rings (SSSR count). The highest BCUT2D eigenvalue weighted by molar-refractivity contribution is 6.02. The molecule has 0 bridgehead atoms. The maximum Gasteiger partial charge on any atom is 0.289 e. The predicted octanol–water partition coefficient (Wildman–Crippen LogP) is 3.04. The van der Waals surface area contributed by atoms with Crippen molar-refractivity contribution in [2.45, 2.75) is 26.3 Å². The summed E-state index contributed by atoms with van der Waals surface area (Å²) in [6.07, 6.45) is 3.63. The monoisotopic (exact) mass is 451 g/mol. The lowest BCUT2D eigenvalue weighted by Crippen LogP contribution is -2.55. The van der Waals surface area contributed by atoms with E-state index in [1.807, 2.05) is 30.9 Å². The van der Waals surface area contributed by atoms with Crippen LogP contribution in [0.1, 0.15) is 36.9 Å². The summed E-state index contributed by atoms with van der Waals surface area (Å²) in [7, 11) is 0. The Hall–Kier alpha value is -3.26. The summed E-state index contributed by atoms with van der Waals surface area (Å²) in [6, 6.07) is 7.30. The third kappa shape index (κ3) is 3.99. The summed E-state index contributed by atoms with van der Waals surface area (Å²) in [5.41, 5.74) is 2.47. The Kier molecular flexibility index (Phi) is 5.40. The van der Waals surface area contributed by atoms with E-state index in [0.717, 1.165) is 22.6 Å². The van der Waals surface area contributed by atoms with Gasteiger partial charge in [-0.25, -0.2) is 0 Å². The normalized spacial score (nSPS) is 19.7. The third-order valence-electron chi connectivity index (χ3n) is 6.47. The van der Waals surface area contributed by atoms with Gasteiger partial charge in [-0.2, -0.15) is 0 Å². The Morgan fingerprint density at radius 1 is 1.03 bits per heavy atom. The first-order valence-electron chi connectivity index (χ1n) is 11.4. The van der Waals surface area contributed by atoms with E-state index in [4.69, 9.17) is 13.9 Å². The third-order valence-corrected chi connectivity index (χ3v) is 6.47. The number of ether oxygens (including phenoxy) is 2. The second-order valence-corrected chi connectivity index (χ2v) is 9.27. The molecule has 1 aromatic heterocycles. The molecule has 1 saturated heterocycles. The molecular formula is C25H29N3O5. The van der Waals surface area contributed by atoms with Crippen LogP contribution < -0.4 is 14.4 Å². The summed E-state index contributed by atoms with van der Waals surface area (Å²) in [4.78, 5) is 31.9. The zero-order valence-corrected chi connectivity index (χ0v) is 19.3. The van der Waals surface area contributed by atoms with Crippen molar-refractivity contribution >= 4 is 23.1 Å². The molecule has 0 aliphatic carbocycles. The number of furan rings is 1. The van der Waals surface area contributed by atoms with Gasteiger partial charge in [0.05, 0.1) is 24.0 Å². The summed E-state index contributed by atoms with van der Waals surface area (Å²) in [5, 5.41) is 0. The maximum atomic E-state index is 13.6. The van der Waals surface area contributed by atoms with Crippen LogP contribution in [0.4, 0.5) is 5.69 Å². The lowest BCUT2D eigenvalue weighted by atomic mass is 9.88. The van der Waals surface area contributed by atoms with Crippen LogP contribution in [0.25, 0.3) is 5.57 Å². The first-order chi connectivity index (χ1) is 15.8. The fourth-order valence-corrected chi connectivity index (χ4v) is 4.94. The highest BCUT2D eigenvalue weighted by Gasteiger charge is 2.38. The molecule has 1 aromatic carbocycles. The molecule has 0 atom stereocenters. The highest BCUT2D eigenvalue weighted by Crippen LogP contribution is 2.45. The predicted molar refractivity (Wildman–Crippen MR) is 124 cm³/mol. The number of benzene rings is 1. The molecule has 0 saturated carbocycles. The standard InChI is InChI=1S/C25H29N3O5/c1-17-15-25(2,3)28(19-14-22-21(13-18(17)19)32-11-12-33-22)23(29)16-26-6-8-27(9-7-26)24(30)20-5-4-10-31-20/h4-5,10,13-15H,6-9,11-12,16H2,1-3H3. The molecule has 0 unspecified atom stereocenters. The van der Waals surface area contributed by atoms with Gasteiger partial charge in [0.25, 0.3) is 5.91 Å². The minimum Gasteiger partial charge on any atom is -0.486 e. The maximum absolute atomic E-state index is 13.6. The topological polar surface area (TPSA) is 75.5 Å². The molecule has 0 N–H and O–H groups in total. The van der Waals surface area contributed by atoms with Crippen LogP contribution in [0.3, 0.4) is 0 Å². The average Bonchev–Trinajstić information content (AvgIpc) is 3.32. The first-order valence-corrected chi connectivity index (χ1v) is 11.4. The number of piperazine rings is 1. The molecule has 2 aromatic rings. The Labute approximate surface area is 193 Å². The van der Waals surface area contributed by atoms with E-state index < -0.39 is 5.54 Å². The van der Waals surface area contributed by atoms with Crippen LogP contribution in [0, 0.1) is 0 Å². The van der Waals surface area contributed by atoms with E-state index >= 15 is 0 Å². The van der Waals surface area contributed by atoms with E-state index in [9.17, 15) is 9.59 Å². The van der Waals surface area contributed by atoms with Gasteiger partial charge >= 0.3 is 0 Å². The number of fused-ring (bicyclic) bond motifs is 2. The lowest BCUT2D eigenvalue weighted by Gasteiger charge is -2.43. The molecule has 1 fully saturated rings. The number of hydrogen-bond donors (Lipinski definition) is 0. The van der Waals surface area contributed by atoms with Gasteiger partial charge in [0.1, 0.15) is 13.2 Å². The van der Waals surface area contributed by atoms with Gasteiger partial charge in [-0.1, -0.05) is 6.08 Å². The van der Waals surface area contributed by atoms with Gasteiger partial charge < -0.3 is 23.7 Å². The zero-order valence-electron chi connectivity index (χ0n) is 19.3.